The number of hydrogen-bond acceptors (Lipinski definition) is 6. The van der Waals surface area contributed by atoms with Crippen LogP contribution >= 0.6 is 11.8 Å². The van der Waals surface area contributed by atoms with Crippen LogP contribution in [0.5, 0.6) is 0 Å². The van der Waals surface area contributed by atoms with Crippen molar-refractivity contribution in [2.45, 2.75) is 18.6 Å². The van der Waals surface area contributed by atoms with Gasteiger partial charge in [0.25, 0.3) is 5.69 Å². The molecule has 1 aliphatic rings. The molecule has 1 heterocycles. The predicted molar refractivity (Wildman–Crippen MR) is 103 cm³/mol. The summed E-state index contributed by atoms with van der Waals surface area (Å²) in [7, 11) is 0. The molecule has 132 valence electrons. The average molecular weight is 368 g/mol. The Kier molecular flexibility index (Phi) is 5.43. The van der Waals surface area contributed by atoms with Gasteiger partial charge in [-0.1, -0.05) is 53.7 Å². The Morgan fingerprint density at radius 1 is 1.27 bits per heavy atom. The van der Waals surface area contributed by atoms with Crippen LogP contribution in [0.3, 0.4) is 0 Å². The molecule has 0 aliphatic carbocycles. The number of nitro benzene ring substituents is 1. The van der Waals surface area contributed by atoms with Crippen LogP contribution in [0.25, 0.3) is 0 Å². The lowest BCUT2D eigenvalue weighted by atomic mass is 10.1. The fourth-order valence-corrected chi connectivity index (χ4v) is 3.46. The Labute approximate surface area is 154 Å². The number of nitrogens with zero attached hydrogens (tertiary/aromatic N) is 3. The zero-order valence-corrected chi connectivity index (χ0v) is 14.8. The van der Waals surface area contributed by atoms with Gasteiger partial charge in [0, 0.05) is 12.1 Å². The molecular formula is C18H16N4O3S. The predicted octanol–water partition coefficient (Wildman–Crippen LogP) is 3.07. The Hall–Kier alpha value is -3.00. The van der Waals surface area contributed by atoms with Crippen molar-refractivity contribution >= 4 is 34.7 Å². The third-order valence-corrected chi connectivity index (χ3v) is 4.79. The van der Waals surface area contributed by atoms with Crippen LogP contribution in [0, 0.1) is 17.0 Å². The van der Waals surface area contributed by atoms with E-state index in [1.165, 1.54) is 23.9 Å². The summed E-state index contributed by atoms with van der Waals surface area (Å²) in [6.07, 6.45) is 2.01. The summed E-state index contributed by atoms with van der Waals surface area (Å²) in [4.78, 5) is 22.5. The van der Waals surface area contributed by atoms with Crippen LogP contribution in [0.2, 0.25) is 0 Å². The normalized spacial score (nSPS) is 18.4. The summed E-state index contributed by atoms with van der Waals surface area (Å²) < 4.78 is 0. The van der Waals surface area contributed by atoms with Gasteiger partial charge in [0.05, 0.1) is 16.4 Å². The van der Waals surface area contributed by atoms with Crippen molar-refractivity contribution in [1.82, 2.24) is 5.32 Å². The number of carbonyl (C=O) groups is 1. The first-order valence-corrected chi connectivity index (χ1v) is 8.78. The fraction of sp³-hybridized carbons (Fsp3) is 0.167. The van der Waals surface area contributed by atoms with E-state index in [2.05, 4.69) is 15.5 Å². The van der Waals surface area contributed by atoms with Gasteiger partial charge >= 0.3 is 0 Å². The molecule has 7 nitrogen and oxygen atoms in total. The molecule has 0 radical (unpaired) electrons. The third kappa shape index (κ3) is 4.54. The van der Waals surface area contributed by atoms with E-state index in [-0.39, 0.29) is 16.8 Å². The van der Waals surface area contributed by atoms with Gasteiger partial charge in [-0.3, -0.25) is 14.9 Å². The summed E-state index contributed by atoms with van der Waals surface area (Å²) >= 11 is 1.27. The maximum absolute atomic E-state index is 12.1. The quantitative estimate of drug-likeness (QED) is 0.498. The van der Waals surface area contributed by atoms with Crippen molar-refractivity contribution < 1.29 is 9.72 Å². The first kappa shape index (κ1) is 17.8. The number of amidine groups is 1. The molecule has 26 heavy (non-hydrogen) atoms. The van der Waals surface area contributed by atoms with Crippen molar-refractivity contribution in [3.8, 4) is 0 Å². The minimum absolute atomic E-state index is 0.0163. The van der Waals surface area contributed by atoms with E-state index < -0.39 is 4.92 Å². The Morgan fingerprint density at radius 2 is 2.08 bits per heavy atom. The van der Waals surface area contributed by atoms with Gasteiger partial charge in [-0.15, -0.1) is 5.10 Å². The number of nitro groups is 1. The van der Waals surface area contributed by atoms with Gasteiger partial charge in [-0.05, 0) is 24.5 Å². The van der Waals surface area contributed by atoms with Crippen molar-refractivity contribution in [2.24, 2.45) is 10.2 Å². The molecule has 1 atom stereocenters. The number of amides is 1. The Bertz CT molecular complexity index is 911. The zero-order valence-electron chi connectivity index (χ0n) is 14.0. The van der Waals surface area contributed by atoms with E-state index in [9.17, 15) is 14.9 Å². The Balaban J connectivity index is 1.65. The van der Waals surface area contributed by atoms with E-state index in [4.69, 9.17) is 0 Å². The molecule has 0 unspecified atom stereocenters. The van der Waals surface area contributed by atoms with E-state index in [0.29, 0.717) is 11.6 Å². The summed E-state index contributed by atoms with van der Waals surface area (Å²) in [5, 5.41) is 21.6. The lowest BCUT2D eigenvalue weighted by molar-refractivity contribution is -0.384. The van der Waals surface area contributed by atoms with Gasteiger partial charge in [-0.25, -0.2) is 0 Å². The summed E-state index contributed by atoms with van der Waals surface area (Å²) in [6, 6.07) is 14.1. The molecule has 1 amide bonds. The van der Waals surface area contributed by atoms with Crippen LogP contribution in [0.4, 0.5) is 5.69 Å². The first-order chi connectivity index (χ1) is 12.5. The van der Waals surface area contributed by atoms with E-state index in [1.807, 2.05) is 31.2 Å². The maximum Gasteiger partial charge on any atom is 0.269 e. The summed E-state index contributed by atoms with van der Waals surface area (Å²) in [5.41, 5.74) is 2.80. The minimum atomic E-state index is -0.446. The van der Waals surface area contributed by atoms with E-state index >= 15 is 0 Å². The average Bonchev–Trinajstić information content (AvgIpc) is 2.95. The van der Waals surface area contributed by atoms with Crippen LogP contribution in [0.1, 0.15) is 16.7 Å². The zero-order chi connectivity index (χ0) is 18.5. The monoisotopic (exact) mass is 368 g/mol. The number of benzene rings is 2. The van der Waals surface area contributed by atoms with Crippen LogP contribution < -0.4 is 5.32 Å². The lowest BCUT2D eigenvalue weighted by Gasteiger charge is -2.04. The first-order valence-electron chi connectivity index (χ1n) is 7.90. The van der Waals surface area contributed by atoms with Gasteiger partial charge < -0.3 is 5.32 Å². The van der Waals surface area contributed by atoms with Crippen molar-refractivity contribution in [3.63, 3.8) is 0 Å². The highest BCUT2D eigenvalue weighted by Crippen LogP contribution is 2.24. The number of carbonyl (C=O) groups excluding carboxylic acids is 1. The molecule has 1 fully saturated rings. The molecule has 0 spiro atoms. The van der Waals surface area contributed by atoms with Crippen molar-refractivity contribution in [2.75, 3.05) is 0 Å². The fourth-order valence-electron chi connectivity index (χ4n) is 2.50. The number of aryl methyl sites for hydroxylation is 1. The highest BCUT2D eigenvalue weighted by Gasteiger charge is 2.30. The molecule has 2 aromatic rings. The number of non-ortho nitro benzene ring substituents is 1. The van der Waals surface area contributed by atoms with Gasteiger partial charge in [0.2, 0.25) is 5.91 Å². The molecule has 3 rings (SSSR count). The smallest absolute Gasteiger partial charge is 0.269 e. The van der Waals surface area contributed by atoms with Crippen LogP contribution in [-0.2, 0) is 11.2 Å². The lowest BCUT2D eigenvalue weighted by Crippen LogP contribution is -2.25. The molecule has 2 aromatic carbocycles. The second-order valence-corrected chi connectivity index (χ2v) is 6.98. The maximum atomic E-state index is 12.1. The molecule has 0 saturated carbocycles. The van der Waals surface area contributed by atoms with E-state index in [0.717, 1.165) is 16.7 Å². The number of rotatable bonds is 5. The molecule has 1 N–H and O–H groups in total. The highest BCUT2D eigenvalue weighted by atomic mass is 32.2. The number of hydrogen-bond donors (Lipinski definition) is 1. The highest BCUT2D eigenvalue weighted by molar-refractivity contribution is 8.15. The van der Waals surface area contributed by atoms with Gasteiger partial charge in [0.1, 0.15) is 0 Å². The van der Waals surface area contributed by atoms with Crippen LogP contribution in [0.15, 0.2) is 58.7 Å². The molecule has 8 heteroatoms. The third-order valence-electron chi connectivity index (χ3n) is 3.72. The molecule has 1 aliphatic heterocycles. The van der Waals surface area contributed by atoms with Crippen LogP contribution in [-0.4, -0.2) is 27.5 Å². The molecule has 1 saturated heterocycles. The Morgan fingerprint density at radius 3 is 2.85 bits per heavy atom. The largest absolute Gasteiger partial charge is 0.303 e. The second kappa shape index (κ2) is 7.92. The number of nitrogens with one attached hydrogen (secondary N) is 1. The number of thioether (sulfide) groups is 1. The second-order valence-electron chi connectivity index (χ2n) is 5.79. The summed E-state index contributed by atoms with van der Waals surface area (Å²) in [5.74, 6) is -0.175. The summed E-state index contributed by atoms with van der Waals surface area (Å²) in [6.45, 7) is 1.99. The van der Waals surface area contributed by atoms with E-state index in [1.54, 1.807) is 18.3 Å². The van der Waals surface area contributed by atoms with Gasteiger partial charge in [-0.2, -0.15) is 5.10 Å². The van der Waals surface area contributed by atoms with Crippen molar-refractivity contribution in [3.05, 3.63) is 75.3 Å². The van der Waals surface area contributed by atoms with Gasteiger partial charge in [0.15, 0.2) is 5.17 Å². The van der Waals surface area contributed by atoms with Crippen molar-refractivity contribution in [1.29, 1.82) is 0 Å². The topological polar surface area (TPSA) is 97.0 Å². The standard InChI is InChI=1S/C18H16N4O3S/c1-12-4-2-6-14(8-12)11-19-21-18-20-17(23)16(26-18)10-13-5-3-7-15(9-13)22(24)25/h2-9,11,16H,10H2,1H3,(H,20,21,23)/b19-11-/t16-/m0/s1. The SMILES string of the molecule is Cc1cccc(/C=N\N=C2/NC(=O)[C@H](Cc3cccc([N+](=O)[O-])c3)S2)c1. The molecule has 0 aromatic heterocycles. The minimum Gasteiger partial charge on any atom is -0.303 e. The molecule has 0 bridgehead atoms. The molecular weight excluding hydrogens is 352 g/mol.